The average molecular weight is 239 g/mol. The van der Waals surface area contributed by atoms with E-state index in [0.717, 1.165) is 0 Å². The molecule has 6 heteroatoms. The molecule has 4 nitrogen and oxygen atoms in total. The van der Waals surface area contributed by atoms with Crippen LogP contribution in [0.4, 0.5) is 14.5 Å². The average Bonchev–Trinajstić information content (AvgIpc) is 2.78. The molecule has 2 rings (SSSR count). The maximum atomic E-state index is 12.4. The number of ether oxygens (including phenoxy) is 1. The van der Waals surface area contributed by atoms with Crippen molar-refractivity contribution in [3.63, 3.8) is 0 Å². The van der Waals surface area contributed by atoms with Crippen LogP contribution in [0.5, 0.6) is 5.75 Å². The van der Waals surface area contributed by atoms with Gasteiger partial charge in [0, 0.05) is 12.3 Å². The summed E-state index contributed by atoms with van der Waals surface area (Å²) in [6, 6.07) is 5.01. The summed E-state index contributed by atoms with van der Waals surface area (Å²) in [6.07, 6.45) is -0.0293. The van der Waals surface area contributed by atoms with Crippen LogP contribution in [0, 0.1) is 0 Å². The molecule has 1 aromatic carbocycles. The van der Waals surface area contributed by atoms with Gasteiger partial charge >= 0.3 is 0 Å². The van der Waals surface area contributed by atoms with E-state index in [4.69, 9.17) is 10.5 Å². The highest BCUT2D eigenvalue weighted by Gasteiger charge is 2.12. The molecule has 0 atom stereocenters. The van der Waals surface area contributed by atoms with E-state index in [1.807, 2.05) is 0 Å². The summed E-state index contributed by atoms with van der Waals surface area (Å²) in [5.41, 5.74) is 6.54. The summed E-state index contributed by atoms with van der Waals surface area (Å²) in [6.45, 7) is 0. The minimum atomic E-state index is -2.59. The van der Waals surface area contributed by atoms with Gasteiger partial charge in [0.25, 0.3) is 6.43 Å². The van der Waals surface area contributed by atoms with E-state index in [9.17, 15) is 8.78 Å². The highest BCUT2D eigenvalue weighted by Crippen LogP contribution is 2.24. The second kappa shape index (κ2) is 4.40. The zero-order valence-corrected chi connectivity index (χ0v) is 9.10. The highest BCUT2D eigenvalue weighted by atomic mass is 19.3. The molecule has 0 fully saturated rings. The molecule has 90 valence electrons. The molecular weight excluding hydrogens is 228 g/mol. The van der Waals surface area contributed by atoms with Crippen molar-refractivity contribution in [1.82, 2.24) is 9.55 Å². The molecular formula is C11H11F2N3O. The molecule has 0 amide bonds. The SMILES string of the molecule is COc1ccc(-n2cnc(C(F)F)c2)c(N)c1. The molecule has 0 aliphatic carbocycles. The first-order valence-corrected chi connectivity index (χ1v) is 4.87. The Labute approximate surface area is 96.6 Å². The molecule has 17 heavy (non-hydrogen) atoms. The van der Waals surface area contributed by atoms with Gasteiger partial charge in [-0.05, 0) is 12.1 Å². The Hall–Kier alpha value is -2.11. The Kier molecular flexibility index (Phi) is 2.95. The fourth-order valence-electron chi connectivity index (χ4n) is 1.48. The van der Waals surface area contributed by atoms with Crippen molar-refractivity contribution in [1.29, 1.82) is 0 Å². The van der Waals surface area contributed by atoms with E-state index >= 15 is 0 Å². The summed E-state index contributed by atoms with van der Waals surface area (Å²) >= 11 is 0. The standard InChI is InChI=1S/C11H11F2N3O/c1-17-7-2-3-10(8(14)4-7)16-5-9(11(12)13)15-6-16/h2-6,11H,14H2,1H3. The lowest BCUT2D eigenvalue weighted by Crippen LogP contribution is -1.98. The predicted octanol–water partition coefficient (Wildman–Crippen LogP) is 2.40. The topological polar surface area (TPSA) is 53.1 Å². The predicted molar refractivity (Wildman–Crippen MR) is 59.5 cm³/mol. The Morgan fingerprint density at radius 2 is 2.18 bits per heavy atom. The van der Waals surface area contributed by atoms with Gasteiger partial charge in [0.15, 0.2) is 0 Å². The van der Waals surface area contributed by atoms with Crippen LogP contribution in [0.1, 0.15) is 12.1 Å². The Morgan fingerprint density at radius 3 is 2.71 bits per heavy atom. The van der Waals surface area contributed by atoms with Crippen molar-refractivity contribution in [2.24, 2.45) is 0 Å². The van der Waals surface area contributed by atoms with Crippen molar-refractivity contribution in [3.05, 3.63) is 36.4 Å². The third-order valence-corrected chi connectivity index (χ3v) is 2.34. The lowest BCUT2D eigenvalue weighted by Gasteiger charge is -2.08. The number of anilines is 1. The molecule has 1 heterocycles. The fourth-order valence-corrected chi connectivity index (χ4v) is 1.48. The third-order valence-electron chi connectivity index (χ3n) is 2.34. The van der Waals surface area contributed by atoms with Gasteiger partial charge in [-0.1, -0.05) is 0 Å². The highest BCUT2D eigenvalue weighted by molar-refractivity contribution is 5.60. The van der Waals surface area contributed by atoms with Gasteiger partial charge in [0.05, 0.1) is 24.8 Å². The number of aromatic nitrogens is 2. The zero-order chi connectivity index (χ0) is 12.4. The molecule has 2 N–H and O–H groups in total. The molecule has 0 saturated carbocycles. The first-order valence-electron chi connectivity index (χ1n) is 4.87. The lowest BCUT2D eigenvalue weighted by atomic mass is 10.2. The summed E-state index contributed by atoms with van der Waals surface area (Å²) < 4.78 is 31.2. The number of halogens is 2. The number of methoxy groups -OCH3 is 1. The van der Waals surface area contributed by atoms with Crippen LogP contribution in [-0.2, 0) is 0 Å². The van der Waals surface area contributed by atoms with Gasteiger partial charge in [-0.2, -0.15) is 0 Å². The van der Waals surface area contributed by atoms with Crippen molar-refractivity contribution < 1.29 is 13.5 Å². The van der Waals surface area contributed by atoms with Crippen LogP contribution in [0.25, 0.3) is 5.69 Å². The van der Waals surface area contributed by atoms with Crippen LogP contribution in [0.15, 0.2) is 30.7 Å². The molecule has 0 bridgehead atoms. The molecule has 0 aliphatic heterocycles. The minimum absolute atomic E-state index is 0.278. The number of hydrogen-bond acceptors (Lipinski definition) is 3. The van der Waals surface area contributed by atoms with Crippen LogP contribution in [0.2, 0.25) is 0 Å². The van der Waals surface area contributed by atoms with Crippen LogP contribution in [0.3, 0.4) is 0 Å². The smallest absolute Gasteiger partial charge is 0.281 e. The largest absolute Gasteiger partial charge is 0.497 e. The maximum Gasteiger partial charge on any atom is 0.281 e. The zero-order valence-electron chi connectivity index (χ0n) is 9.10. The number of nitrogen functional groups attached to an aromatic ring is 1. The van der Waals surface area contributed by atoms with Gasteiger partial charge in [0.2, 0.25) is 0 Å². The Morgan fingerprint density at radius 1 is 1.41 bits per heavy atom. The summed E-state index contributed by atoms with van der Waals surface area (Å²) in [5, 5.41) is 0. The number of rotatable bonds is 3. The van der Waals surface area contributed by atoms with Crippen LogP contribution < -0.4 is 10.5 Å². The Balaban J connectivity index is 2.38. The second-order valence-corrected chi connectivity index (χ2v) is 3.43. The minimum Gasteiger partial charge on any atom is -0.497 e. The van der Waals surface area contributed by atoms with Crippen molar-refractivity contribution >= 4 is 5.69 Å². The third kappa shape index (κ3) is 2.20. The van der Waals surface area contributed by atoms with Crippen molar-refractivity contribution in [3.8, 4) is 11.4 Å². The number of alkyl halides is 2. The number of nitrogens with two attached hydrogens (primary N) is 1. The molecule has 1 aromatic heterocycles. The van der Waals surface area contributed by atoms with E-state index in [1.165, 1.54) is 24.2 Å². The molecule has 2 aromatic rings. The van der Waals surface area contributed by atoms with Gasteiger partial charge in [-0.15, -0.1) is 0 Å². The maximum absolute atomic E-state index is 12.4. The first kappa shape index (κ1) is 11.4. The van der Waals surface area contributed by atoms with E-state index in [2.05, 4.69) is 4.98 Å². The molecule has 0 saturated heterocycles. The van der Waals surface area contributed by atoms with Crippen molar-refractivity contribution in [2.75, 3.05) is 12.8 Å². The molecule has 0 radical (unpaired) electrons. The number of hydrogen-bond donors (Lipinski definition) is 1. The van der Waals surface area contributed by atoms with Gasteiger partial charge in [0.1, 0.15) is 11.4 Å². The monoisotopic (exact) mass is 239 g/mol. The van der Waals surface area contributed by atoms with E-state index < -0.39 is 6.43 Å². The van der Waals surface area contributed by atoms with E-state index in [1.54, 1.807) is 18.2 Å². The van der Waals surface area contributed by atoms with Crippen LogP contribution >= 0.6 is 0 Å². The summed E-state index contributed by atoms with van der Waals surface area (Å²) in [5.74, 6) is 0.612. The van der Waals surface area contributed by atoms with Gasteiger partial charge in [-0.25, -0.2) is 13.8 Å². The summed E-state index contributed by atoms with van der Waals surface area (Å²) in [4.78, 5) is 3.60. The number of imidazole rings is 1. The first-order chi connectivity index (χ1) is 8.11. The van der Waals surface area contributed by atoms with E-state index in [0.29, 0.717) is 17.1 Å². The number of benzene rings is 1. The normalized spacial score (nSPS) is 10.8. The molecule has 0 unspecified atom stereocenters. The fraction of sp³-hybridized carbons (Fsp3) is 0.182. The van der Waals surface area contributed by atoms with E-state index in [-0.39, 0.29) is 5.69 Å². The van der Waals surface area contributed by atoms with Gasteiger partial charge in [-0.3, -0.25) is 0 Å². The second-order valence-electron chi connectivity index (χ2n) is 3.43. The quantitative estimate of drug-likeness (QED) is 0.837. The van der Waals surface area contributed by atoms with Crippen molar-refractivity contribution in [2.45, 2.75) is 6.43 Å². The van der Waals surface area contributed by atoms with Crippen LogP contribution in [-0.4, -0.2) is 16.7 Å². The number of nitrogens with zero attached hydrogens (tertiary/aromatic N) is 2. The Bertz CT molecular complexity index is 525. The summed E-state index contributed by atoms with van der Waals surface area (Å²) in [7, 11) is 1.53. The van der Waals surface area contributed by atoms with Gasteiger partial charge < -0.3 is 15.0 Å². The molecule has 0 aliphatic rings. The molecule has 0 spiro atoms. The lowest BCUT2D eigenvalue weighted by molar-refractivity contribution is 0.146.